The summed E-state index contributed by atoms with van der Waals surface area (Å²) in [5.74, 6) is -0.219. The van der Waals surface area contributed by atoms with E-state index in [0.717, 1.165) is 60.2 Å². The quantitative estimate of drug-likeness (QED) is 0.220. The minimum atomic E-state index is -1.11. The Bertz CT molecular complexity index is 1290. The van der Waals surface area contributed by atoms with E-state index in [1.807, 2.05) is 31.2 Å². The number of hydrogen-bond acceptors (Lipinski definition) is 6. The molecule has 3 unspecified atom stereocenters. The van der Waals surface area contributed by atoms with Gasteiger partial charge >= 0.3 is 0 Å². The monoisotopic (exact) mass is 517 g/mol. The van der Waals surface area contributed by atoms with Crippen LogP contribution in [0.2, 0.25) is 0 Å². The summed E-state index contributed by atoms with van der Waals surface area (Å²) in [5.41, 5.74) is 8.42. The molecule has 6 nitrogen and oxygen atoms in total. The van der Waals surface area contributed by atoms with Gasteiger partial charge in [0.25, 0.3) is 0 Å². The fraction of sp³-hybridized carbons (Fsp3) is 0.531. The summed E-state index contributed by atoms with van der Waals surface area (Å²) in [6.07, 6.45) is 8.91. The Morgan fingerprint density at radius 3 is 2.55 bits per heavy atom. The van der Waals surface area contributed by atoms with Gasteiger partial charge in [-0.25, -0.2) is 0 Å². The smallest absolute Gasteiger partial charge is 0.161 e. The molecule has 2 aromatic carbocycles. The number of phenolic OH excluding ortho intramolecular Hbond substituents is 2. The number of nitrogens with zero attached hydrogens (tertiary/aromatic N) is 2. The highest BCUT2D eigenvalue weighted by Crippen LogP contribution is 2.57. The van der Waals surface area contributed by atoms with E-state index in [-0.39, 0.29) is 17.5 Å². The molecule has 2 bridgehead atoms. The topological polar surface area (TPSA) is 103 Å². The van der Waals surface area contributed by atoms with Gasteiger partial charge in [0.15, 0.2) is 11.5 Å². The van der Waals surface area contributed by atoms with Gasteiger partial charge in [-0.1, -0.05) is 49.9 Å². The fourth-order valence-electron chi connectivity index (χ4n) is 7.17. The lowest BCUT2D eigenvalue weighted by atomic mass is 9.53. The Labute approximate surface area is 226 Å². The number of hydrogen-bond donors (Lipinski definition) is 4. The Hall–Kier alpha value is -2.67. The Morgan fingerprint density at radius 2 is 1.76 bits per heavy atom. The normalized spacial score (nSPS) is 25.0. The lowest BCUT2D eigenvalue weighted by Gasteiger charge is -2.60. The summed E-state index contributed by atoms with van der Waals surface area (Å²) in [6.45, 7) is 6.59. The van der Waals surface area contributed by atoms with Crippen molar-refractivity contribution in [2.45, 2.75) is 88.7 Å². The summed E-state index contributed by atoms with van der Waals surface area (Å²) in [6, 6.07) is 13.7. The van der Waals surface area contributed by atoms with Crippen molar-refractivity contribution < 1.29 is 15.3 Å². The number of unbranched alkanes of at least 4 members (excludes halogenated alkanes) is 5. The molecule has 0 spiro atoms. The summed E-state index contributed by atoms with van der Waals surface area (Å²) >= 11 is 0. The van der Waals surface area contributed by atoms with Gasteiger partial charge in [-0.05, 0) is 88.5 Å². The van der Waals surface area contributed by atoms with Gasteiger partial charge in [0.2, 0.25) is 0 Å². The predicted octanol–water partition coefficient (Wildman–Crippen LogP) is 5.12. The fourth-order valence-corrected chi connectivity index (χ4v) is 7.17. The van der Waals surface area contributed by atoms with Crippen LogP contribution in [-0.4, -0.2) is 56.5 Å². The minimum Gasteiger partial charge on any atom is -0.504 e. The second-order valence-electron chi connectivity index (χ2n) is 11.7. The van der Waals surface area contributed by atoms with Crippen molar-refractivity contribution in [1.29, 1.82) is 0 Å². The van der Waals surface area contributed by atoms with E-state index < -0.39 is 11.0 Å². The van der Waals surface area contributed by atoms with Crippen LogP contribution in [0.5, 0.6) is 11.5 Å². The number of pyridine rings is 1. The molecule has 1 saturated heterocycles. The van der Waals surface area contributed by atoms with E-state index in [4.69, 9.17) is 10.7 Å². The second-order valence-corrected chi connectivity index (χ2v) is 11.7. The molecule has 204 valence electrons. The average molecular weight is 518 g/mol. The first-order chi connectivity index (χ1) is 18.3. The van der Waals surface area contributed by atoms with E-state index in [0.29, 0.717) is 24.8 Å². The van der Waals surface area contributed by atoms with Crippen LogP contribution in [0, 0.1) is 6.92 Å². The molecule has 1 aliphatic carbocycles. The number of aromatic hydroxyl groups is 2. The highest BCUT2D eigenvalue weighted by Gasteiger charge is 2.61. The molecule has 38 heavy (non-hydrogen) atoms. The third-order valence-corrected chi connectivity index (χ3v) is 9.41. The van der Waals surface area contributed by atoms with Crippen LogP contribution in [0.3, 0.4) is 0 Å². The van der Waals surface area contributed by atoms with Crippen LogP contribution in [0.25, 0.3) is 10.9 Å². The molecule has 5 N–H and O–H groups in total. The van der Waals surface area contributed by atoms with Crippen LogP contribution in [0.4, 0.5) is 0 Å². The highest BCUT2D eigenvalue weighted by atomic mass is 16.3. The van der Waals surface area contributed by atoms with Gasteiger partial charge in [-0.3, -0.25) is 9.88 Å². The number of aromatic nitrogens is 1. The summed E-state index contributed by atoms with van der Waals surface area (Å²) in [4.78, 5) is 7.50. The minimum absolute atomic E-state index is 0.0642. The van der Waals surface area contributed by atoms with Crippen LogP contribution in [-0.2, 0) is 18.3 Å². The first-order valence-corrected chi connectivity index (χ1v) is 14.3. The SMILES string of the molecule is Cc1cc2ccccc2nc1CC12CCN(CCCCCCCCN)C(Cc3ccc(O)c(O)c31)C2(C)O. The van der Waals surface area contributed by atoms with E-state index in [1.165, 1.54) is 25.7 Å². The number of nitrogens with two attached hydrogens (primary N) is 1. The largest absolute Gasteiger partial charge is 0.504 e. The summed E-state index contributed by atoms with van der Waals surface area (Å²) in [7, 11) is 0. The summed E-state index contributed by atoms with van der Waals surface area (Å²) in [5, 5.41) is 35.2. The Morgan fingerprint density at radius 1 is 1.03 bits per heavy atom. The molecule has 2 heterocycles. The molecule has 0 saturated carbocycles. The van der Waals surface area contributed by atoms with Crippen molar-refractivity contribution in [3.05, 3.63) is 64.8 Å². The number of fused-ring (bicyclic) bond motifs is 5. The first-order valence-electron chi connectivity index (χ1n) is 14.3. The van der Waals surface area contributed by atoms with Crippen LogP contribution in [0.1, 0.15) is 74.3 Å². The standard InChI is InChI=1S/C32H43N3O3/c1-22-19-23-11-7-8-12-25(23)34-26(22)21-32-15-18-35(17-10-6-4-3-5-9-16-33)28(31(32,2)38)20-24-13-14-27(36)30(37)29(24)32/h7-8,11-14,19,28,36-38H,3-6,9-10,15-18,20-21,33H2,1-2H3. The number of likely N-dealkylation sites (tertiary alicyclic amines) is 1. The average Bonchev–Trinajstić information content (AvgIpc) is 2.88. The van der Waals surface area contributed by atoms with Gasteiger partial charge < -0.3 is 21.1 Å². The lowest BCUT2D eigenvalue weighted by molar-refractivity contribution is -0.135. The van der Waals surface area contributed by atoms with Gasteiger partial charge in [-0.15, -0.1) is 0 Å². The van der Waals surface area contributed by atoms with E-state index in [1.54, 1.807) is 6.07 Å². The Kier molecular flexibility index (Phi) is 7.67. The molecule has 5 rings (SSSR count). The number of para-hydroxylation sites is 1. The van der Waals surface area contributed by atoms with Crippen molar-refractivity contribution >= 4 is 10.9 Å². The van der Waals surface area contributed by atoms with E-state index >= 15 is 0 Å². The Balaban J connectivity index is 1.47. The van der Waals surface area contributed by atoms with Gasteiger partial charge in [0.1, 0.15) is 0 Å². The number of piperidine rings is 1. The molecule has 1 fully saturated rings. The van der Waals surface area contributed by atoms with Crippen LogP contribution < -0.4 is 5.73 Å². The number of aliphatic hydroxyl groups is 1. The number of benzene rings is 2. The van der Waals surface area contributed by atoms with Crippen molar-refractivity contribution in [2.24, 2.45) is 5.73 Å². The molecule has 2 aliphatic rings. The molecule has 3 atom stereocenters. The van der Waals surface area contributed by atoms with Crippen molar-refractivity contribution in [3.63, 3.8) is 0 Å². The zero-order valence-electron chi connectivity index (χ0n) is 22.9. The maximum absolute atomic E-state index is 12.4. The zero-order chi connectivity index (χ0) is 26.9. The third kappa shape index (κ3) is 4.67. The molecule has 6 heteroatoms. The predicted molar refractivity (Wildman–Crippen MR) is 153 cm³/mol. The van der Waals surface area contributed by atoms with Gasteiger partial charge in [0, 0.05) is 34.5 Å². The van der Waals surface area contributed by atoms with Crippen LogP contribution in [0.15, 0.2) is 42.5 Å². The number of phenols is 2. The van der Waals surface area contributed by atoms with Crippen molar-refractivity contribution in [1.82, 2.24) is 9.88 Å². The maximum Gasteiger partial charge on any atom is 0.161 e. The van der Waals surface area contributed by atoms with E-state index in [2.05, 4.69) is 24.0 Å². The highest BCUT2D eigenvalue weighted by molar-refractivity contribution is 5.79. The number of aryl methyl sites for hydroxylation is 1. The lowest BCUT2D eigenvalue weighted by Crippen LogP contribution is -2.71. The van der Waals surface area contributed by atoms with Crippen molar-refractivity contribution in [3.8, 4) is 11.5 Å². The van der Waals surface area contributed by atoms with E-state index in [9.17, 15) is 15.3 Å². The molecule has 1 aliphatic heterocycles. The second kappa shape index (κ2) is 10.8. The molecular formula is C32H43N3O3. The van der Waals surface area contributed by atoms with Gasteiger partial charge in [-0.2, -0.15) is 0 Å². The zero-order valence-corrected chi connectivity index (χ0v) is 22.9. The van der Waals surface area contributed by atoms with Crippen LogP contribution >= 0.6 is 0 Å². The molecule has 1 aromatic heterocycles. The first kappa shape index (κ1) is 26.9. The summed E-state index contributed by atoms with van der Waals surface area (Å²) < 4.78 is 0. The maximum atomic E-state index is 12.4. The van der Waals surface area contributed by atoms with Crippen molar-refractivity contribution in [2.75, 3.05) is 19.6 Å². The molecule has 3 aromatic rings. The molecular weight excluding hydrogens is 474 g/mol. The van der Waals surface area contributed by atoms with Gasteiger partial charge in [0.05, 0.1) is 11.1 Å². The molecule has 0 amide bonds. The molecule has 0 radical (unpaired) electrons. The third-order valence-electron chi connectivity index (χ3n) is 9.41. The number of rotatable bonds is 10.